The van der Waals surface area contributed by atoms with Gasteiger partial charge in [0.1, 0.15) is 0 Å². The van der Waals surface area contributed by atoms with Crippen molar-refractivity contribution in [2.75, 3.05) is 6.61 Å². The van der Waals surface area contributed by atoms with Crippen molar-refractivity contribution in [3.63, 3.8) is 0 Å². The van der Waals surface area contributed by atoms with E-state index in [-0.39, 0.29) is 24.3 Å². The highest BCUT2D eigenvalue weighted by molar-refractivity contribution is 5.78. The molecular weight excluding hydrogens is 329 g/mol. The number of hydrogen-bond donors (Lipinski definition) is 1. The lowest BCUT2D eigenvalue weighted by Crippen LogP contribution is -2.33. The zero-order valence-electron chi connectivity index (χ0n) is 14.5. The SMILES string of the molecule is Cc1ccc([C@@H](NC(=O)COc2ccccc2F)c2ccccc2)cc1. The van der Waals surface area contributed by atoms with E-state index in [1.807, 2.05) is 61.5 Å². The van der Waals surface area contributed by atoms with E-state index in [0.29, 0.717) is 0 Å². The molecule has 0 bridgehead atoms. The molecule has 0 saturated carbocycles. The van der Waals surface area contributed by atoms with Crippen LogP contribution in [0.3, 0.4) is 0 Å². The van der Waals surface area contributed by atoms with E-state index >= 15 is 0 Å². The summed E-state index contributed by atoms with van der Waals surface area (Å²) in [6.07, 6.45) is 0. The molecule has 132 valence electrons. The van der Waals surface area contributed by atoms with Crippen molar-refractivity contribution in [3.05, 3.63) is 101 Å². The van der Waals surface area contributed by atoms with E-state index < -0.39 is 5.82 Å². The van der Waals surface area contributed by atoms with Gasteiger partial charge in [-0.3, -0.25) is 4.79 Å². The lowest BCUT2D eigenvalue weighted by Gasteiger charge is -2.20. The first kappa shape index (κ1) is 17.7. The Bertz CT molecular complexity index is 863. The summed E-state index contributed by atoms with van der Waals surface area (Å²) in [6.45, 7) is 1.76. The fourth-order valence-electron chi connectivity index (χ4n) is 2.67. The van der Waals surface area contributed by atoms with Gasteiger partial charge in [0, 0.05) is 0 Å². The highest BCUT2D eigenvalue weighted by Gasteiger charge is 2.17. The molecule has 4 heteroatoms. The van der Waals surface area contributed by atoms with Crippen LogP contribution in [-0.4, -0.2) is 12.5 Å². The molecule has 0 aromatic heterocycles. The molecule has 1 amide bonds. The normalized spacial score (nSPS) is 11.6. The minimum Gasteiger partial charge on any atom is -0.481 e. The average Bonchev–Trinajstić information content (AvgIpc) is 2.67. The van der Waals surface area contributed by atoms with Crippen LogP contribution in [0.15, 0.2) is 78.9 Å². The van der Waals surface area contributed by atoms with Crippen LogP contribution < -0.4 is 10.1 Å². The predicted octanol–water partition coefficient (Wildman–Crippen LogP) is 4.42. The van der Waals surface area contributed by atoms with Crippen molar-refractivity contribution in [3.8, 4) is 5.75 Å². The number of para-hydroxylation sites is 1. The first-order valence-corrected chi connectivity index (χ1v) is 8.41. The van der Waals surface area contributed by atoms with E-state index in [9.17, 15) is 9.18 Å². The molecule has 0 spiro atoms. The summed E-state index contributed by atoms with van der Waals surface area (Å²) in [5.74, 6) is -0.740. The number of aryl methyl sites for hydroxylation is 1. The Morgan fingerprint density at radius 2 is 1.54 bits per heavy atom. The van der Waals surface area contributed by atoms with E-state index in [1.165, 1.54) is 12.1 Å². The van der Waals surface area contributed by atoms with Crippen molar-refractivity contribution in [1.29, 1.82) is 0 Å². The Hall–Kier alpha value is -3.14. The van der Waals surface area contributed by atoms with Crippen LogP contribution in [-0.2, 0) is 4.79 Å². The number of amides is 1. The molecule has 3 nitrogen and oxygen atoms in total. The summed E-state index contributed by atoms with van der Waals surface area (Å²) in [5, 5.41) is 2.97. The van der Waals surface area contributed by atoms with E-state index in [1.54, 1.807) is 12.1 Å². The molecule has 0 saturated heterocycles. The number of benzene rings is 3. The van der Waals surface area contributed by atoms with Gasteiger partial charge in [0.25, 0.3) is 5.91 Å². The van der Waals surface area contributed by atoms with Gasteiger partial charge in [-0.25, -0.2) is 4.39 Å². The molecule has 1 atom stereocenters. The summed E-state index contributed by atoms with van der Waals surface area (Å²) in [6, 6.07) is 23.4. The second-order valence-corrected chi connectivity index (χ2v) is 6.04. The van der Waals surface area contributed by atoms with Crippen molar-refractivity contribution < 1.29 is 13.9 Å². The van der Waals surface area contributed by atoms with Crippen LogP contribution in [0.2, 0.25) is 0 Å². The quantitative estimate of drug-likeness (QED) is 0.715. The summed E-state index contributed by atoms with van der Waals surface area (Å²) < 4.78 is 18.9. The number of hydrogen-bond acceptors (Lipinski definition) is 2. The summed E-state index contributed by atoms with van der Waals surface area (Å²) in [4.78, 5) is 12.4. The largest absolute Gasteiger partial charge is 0.481 e. The monoisotopic (exact) mass is 349 g/mol. The van der Waals surface area contributed by atoms with Gasteiger partial charge in [-0.15, -0.1) is 0 Å². The zero-order valence-corrected chi connectivity index (χ0v) is 14.5. The Morgan fingerprint density at radius 1 is 0.923 bits per heavy atom. The van der Waals surface area contributed by atoms with Gasteiger partial charge in [0.2, 0.25) is 0 Å². The van der Waals surface area contributed by atoms with Crippen LogP contribution in [0, 0.1) is 12.7 Å². The van der Waals surface area contributed by atoms with Crippen LogP contribution in [0.1, 0.15) is 22.7 Å². The molecule has 0 fully saturated rings. The zero-order chi connectivity index (χ0) is 18.4. The highest BCUT2D eigenvalue weighted by atomic mass is 19.1. The molecule has 1 N–H and O–H groups in total. The maximum atomic E-state index is 13.6. The Morgan fingerprint density at radius 3 is 2.23 bits per heavy atom. The van der Waals surface area contributed by atoms with Gasteiger partial charge in [0.15, 0.2) is 18.2 Å². The third-order valence-corrected chi connectivity index (χ3v) is 4.04. The molecule has 0 heterocycles. The van der Waals surface area contributed by atoms with Crippen molar-refractivity contribution in [2.24, 2.45) is 0 Å². The van der Waals surface area contributed by atoms with Crippen molar-refractivity contribution in [2.45, 2.75) is 13.0 Å². The van der Waals surface area contributed by atoms with E-state index in [0.717, 1.165) is 16.7 Å². The maximum Gasteiger partial charge on any atom is 0.258 e. The smallest absolute Gasteiger partial charge is 0.258 e. The third-order valence-electron chi connectivity index (χ3n) is 4.04. The number of rotatable bonds is 6. The topological polar surface area (TPSA) is 38.3 Å². The van der Waals surface area contributed by atoms with Crippen LogP contribution >= 0.6 is 0 Å². The maximum absolute atomic E-state index is 13.6. The van der Waals surface area contributed by atoms with Crippen LogP contribution in [0.5, 0.6) is 5.75 Å². The fraction of sp³-hybridized carbons (Fsp3) is 0.136. The molecule has 3 aromatic carbocycles. The van der Waals surface area contributed by atoms with Gasteiger partial charge in [-0.2, -0.15) is 0 Å². The predicted molar refractivity (Wildman–Crippen MR) is 99.5 cm³/mol. The molecule has 0 unspecified atom stereocenters. The minimum atomic E-state index is -0.488. The molecule has 26 heavy (non-hydrogen) atoms. The third kappa shape index (κ3) is 4.48. The van der Waals surface area contributed by atoms with Gasteiger partial charge >= 0.3 is 0 Å². The lowest BCUT2D eigenvalue weighted by molar-refractivity contribution is -0.123. The van der Waals surface area contributed by atoms with Crippen molar-refractivity contribution in [1.82, 2.24) is 5.32 Å². The summed E-state index contributed by atoms with van der Waals surface area (Å²) in [5.41, 5.74) is 3.09. The van der Waals surface area contributed by atoms with Gasteiger partial charge in [-0.1, -0.05) is 72.3 Å². The molecule has 3 rings (SSSR count). The minimum absolute atomic E-state index is 0.0641. The summed E-state index contributed by atoms with van der Waals surface area (Å²) in [7, 11) is 0. The van der Waals surface area contributed by atoms with E-state index in [2.05, 4.69) is 5.32 Å². The second kappa shape index (κ2) is 8.30. The van der Waals surface area contributed by atoms with Gasteiger partial charge in [0.05, 0.1) is 6.04 Å². The Balaban J connectivity index is 1.74. The fourth-order valence-corrected chi connectivity index (χ4v) is 2.67. The van der Waals surface area contributed by atoms with E-state index in [4.69, 9.17) is 4.74 Å². The number of ether oxygens (including phenoxy) is 1. The number of carbonyl (C=O) groups is 1. The Kier molecular flexibility index (Phi) is 5.64. The lowest BCUT2D eigenvalue weighted by atomic mass is 9.98. The molecule has 0 aliphatic carbocycles. The molecule has 0 aliphatic heterocycles. The van der Waals surface area contributed by atoms with Crippen molar-refractivity contribution >= 4 is 5.91 Å². The van der Waals surface area contributed by atoms with Crippen LogP contribution in [0.25, 0.3) is 0 Å². The van der Waals surface area contributed by atoms with Gasteiger partial charge in [-0.05, 0) is 30.2 Å². The highest BCUT2D eigenvalue weighted by Crippen LogP contribution is 2.22. The van der Waals surface area contributed by atoms with Crippen LogP contribution in [0.4, 0.5) is 4.39 Å². The molecule has 0 radical (unpaired) electrons. The second-order valence-electron chi connectivity index (χ2n) is 6.04. The number of carbonyl (C=O) groups excluding carboxylic acids is 1. The van der Waals surface area contributed by atoms with Gasteiger partial charge < -0.3 is 10.1 Å². The number of halogens is 1. The summed E-state index contributed by atoms with van der Waals surface area (Å²) >= 11 is 0. The average molecular weight is 349 g/mol. The molecular formula is C22H20FNO2. The first-order valence-electron chi connectivity index (χ1n) is 8.41. The standard InChI is InChI=1S/C22H20FNO2/c1-16-11-13-18(14-12-16)22(17-7-3-2-4-8-17)24-21(25)15-26-20-10-6-5-9-19(20)23/h2-14,22H,15H2,1H3,(H,24,25)/t22-/m0/s1. The first-order chi connectivity index (χ1) is 12.6. The molecule has 3 aromatic rings. The number of nitrogens with one attached hydrogen (secondary N) is 1. The Labute approximate surface area is 152 Å². The molecule has 0 aliphatic rings.